The molecule has 0 aliphatic carbocycles. The number of H-pyrrole nitrogens is 1. The summed E-state index contributed by atoms with van der Waals surface area (Å²) in [5, 5.41) is -0.0264. The van der Waals surface area contributed by atoms with Gasteiger partial charge in [0.25, 0.3) is 0 Å². The number of ether oxygens (including phenoxy) is 1. The molecule has 0 spiro atoms. The second kappa shape index (κ2) is 7.17. The van der Waals surface area contributed by atoms with Crippen LogP contribution < -0.4 is 0 Å². The van der Waals surface area contributed by atoms with Crippen molar-refractivity contribution < 1.29 is 17.9 Å². The van der Waals surface area contributed by atoms with Crippen molar-refractivity contribution in [3.63, 3.8) is 0 Å². The van der Waals surface area contributed by atoms with E-state index in [0.29, 0.717) is 6.42 Å². The van der Waals surface area contributed by atoms with Gasteiger partial charge in [-0.05, 0) is 29.8 Å². The van der Waals surface area contributed by atoms with Gasteiger partial charge in [0.15, 0.2) is 0 Å². The topological polar surface area (TPSA) is 37.9 Å². The summed E-state index contributed by atoms with van der Waals surface area (Å²) in [7, 11) is 0. The van der Waals surface area contributed by atoms with E-state index in [-0.39, 0.29) is 23.2 Å². The van der Waals surface area contributed by atoms with E-state index in [0.717, 1.165) is 22.3 Å². The van der Waals surface area contributed by atoms with E-state index in [1.807, 2.05) is 0 Å². The number of nitrogens with one attached hydrogen (secondary N) is 1. The van der Waals surface area contributed by atoms with Gasteiger partial charge < -0.3 is 9.72 Å². The fraction of sp³-hybridized carbons (Fsp3) is 0.211. The molecule has 3 aromatic rings. The van der Waals surface area contributed by atoms with E-state index in [1.165, 1.54) is 24.3 Å². The first kappa shape index (κ1) is 17.2. The quantitative estimate of drug-likeness (QED) is 0.695. The summed E-state index contributed by atoms with van der Waals surface area (Å²) in [6.07, 6.45) is 3.60. The molecule has 2 unspecified atom stereocenters. The predicted octanol–water partition coefficient (Wildman–Crippen LogP) is 4.80. The number of hydrogen-bond donors (Lipinski definition) is 1. The summed E-state index contributed by atoms with van der Waals surface area (Å²) in [6, 6.07) is 7.98. The summed E-state index contributed by atoms with van der Waals surface area (Å²) in [5.41, 5.74) is 1.01. The van der Waals surface area contributed by atoms with Gasteiger partial charge in [0.2, 0.25) is 0 Å². The van der Waals surface area contributed by atoms with Crippen LogP contribution in [0, 0.1) is 17.5 Å². The molecule has 1 aromatic heterocycles. The van der Waals surface area contributed by atoms with Gasteiger partial charge in [0, 0.05) is 40.6 Å². The lowest BCUT2D eigenvalue weighted by molar-refractivity contribution is 0.0374. The Morgan fingerprint density at radius 2 is 1.88 bits per heavy atom. The molecule has 26 heavy (non-hydrogen) atoms. The third-order valence-electron chi connectivity index (χ3n) is 4.28. The van der Waals surface area contributed by atoms with Crippen LogP contribution in [-0.4, -0.2) is 15.2 Å². The van der Waals surface area contributed by atoms with Gasteiger partial charge in [-0.25, -0.2) is 18.2 Å². The highest BCUT2D eigenvalue weighted by molar-refractivity contribution is 8.00. The molecule has 4 rings (SSSR count). The van der Waals surface area contributed by atoms with Gasteiger partial charge in [-0.15, -0.1) is 11.8 Å². The summed E-state index contributed by atoms with van der Waals surface area (Å²) < 4.78 is 46.6. The summed E-state index contributed by atoms with van der Waals surface area (Å²) in [6.45, 7) is -0.0258. The molecule has 0 fully saturated rings. The van der Waals surface area contributed by atoms with Crippen molar-refractivity contribution in [2.45, 2.75) is 29.3 Å². The average molecular weight is 376 g/mol. The van der Waals surface area contributed by atoms with E-state index in [2.05, 4.69) is 9.97 Å². The number of thioether (sulfide) groups is 1. The molecule has 2 heterocycles. The maximum absolute atomic E-state index is 13.9. The molecule has 134 valence electrons. The molecule has 0 radical (unpaired) electrons. The summed E-state index contributed by atoms with van der Waals surface area (Å²) in [4.78, 5) is 8.23. The van der Waals surface area contributed by atoms with Crippen LogP contribution >= 0.6 is 11.8 Å². The molecule has 3 nitrogen and oxygen atoms in total. The second-order valence-electron chi connectivity index (χ2n) is 6.05. The predicted molar refractivity (Wildman–Crippen MR) is 92.2 cm³/mol. The number of halogens is 3. The first-order valence-corrected chi connectivity index (χ1v) is 8.98. The number of nitrogens with zero attached hydrogens (tertiary/aromatic N) is 1. The number of hydrogen-bond acceptors (Lipinski definition) is 3. The number of imidazole rings is 1. The van der Waals surface area contributed by atoms with Crippen LogP contribution in [0.4, 0.5) is 13.2 Å². The third-order valence-corrected chi connectivity index (χ3v) is 5.62. The monoisotopic (exact) mass is 376 g/mol. The lowest BCUT2D eigenvalue weighted by atomic mass is 10.0. The Balaban J connectivity index is 1.57. The molecule has 0 saturated carbocycles. The Kier molecular flexibility index (Phi) is 4.74. The van der Waals surface area contributed by atoms with Crippen molar-refractivity contribution in [2.24, 2.45) is 0 Å². The zero-order chi connectivity index (χ0) is 18.1. The Bertz CT molecular complexity index is 917. The Morgan fingerprint density at radius 1 is 1.08 bits per heavy atom. The first-order valence-electron chi connectivity index (χ1n) is 8.10. The lowest BCUT2D eigenvalue weighted by Crippen LogP contribution is -2.17. The average Bonchev–Trinajstić information content (AvgIpc) is 3.22. The first-order chi connectivity index (χ1) is 12.6. The van der Waals surface area contributed by atoms with Crippen molar-refractivity contribution in [1.29, 1.82) is 0 Å². The van der Waals surface area contributed by atoms with E-state index in [9.17, 15) is 13.2 Å². The molecule has 2 atom stereocenters. The normalized spacial score (nSPS) is 18.9. The van der Waals surface area contributed by atoms with Crippen molar-refractivity contribution in [3.05, 3.63) is 83.2 Å². The van der Waals surface area contributed by atoms with Gasteiger partial charge in [-0.1, -0.05) is 6.07 Å². The molecule has 1 aliphatic rings. The molecule has 1 N–H and O–H groups in total. The highest BCUT2D eigenvalue weighted by Gasteiger charge is 2.35. The minimum atomic E-state index is -0.655. The van der Waals surface area contributed by atoms with Gasteiger partial charge in [-0.2, -0.15) is 0 Å². The third kappa shape index (κ3) is 3.50. The molecule has 0 amide bonds. The molecular weight excluding hydrogens is 361 g/mol. The van der Waals surface area contributed by atoms with Gasteiger partial charge in [-0.3, -0.25) is 0 Å². The Morgan fingerprint density at radius 3 is 2.65 bits per heavy atom. The smallest absolute Gasteiger partial charge is 0.131 e. The largest absolute Gasteiger partial charge is 0.368 e. The van der Waals surface area contributed by atoms with Crippen LogP contribution in [-0.2, 0) is 17.8 Å². The minimum absolute atomic E-state index is 0.0258. The maximum Gasteiger partial charge on any atom is 0.131 e. The van der Waals surface area contributed by atoms with Crippen molar-refractivity contribution in [3.8, 4) is 0 Å². The molecule has 7 heteroatoms. The summed E-state index contributed by atoms with van der Waals surface area (Å²) in [5.74, 6) is -0.828. The van der Waals surface area contributed by atoms with E-state index in [4.69, 9.17) is 4.74 Å². The Labute approximate surface area is 152 Å². The van der Waals surface area contributed by atoms with E-state index >= 15 is 0 Å². The number of aromatic nitrogens is 2. The second-order valence-corrected chi connectivity index (χ2v) is 7.33. The van der Waals surface area contributed by atoms with Gasteiger partial charge in [0.1, 0.15) is 23.3 Å². The lowest BCUT2D eigenvalue weighted by Gasteiger charge is -2.20. The SMILES string of the molecule is Fc1ccc(COC2c3cc(F)ccc3SC2Cc2ncc[nH]2)c(F)c1. The van der Waals surface area contributed by atoms with Crippen LogP contribution in [0.2, 0.25) is 0 Å². The fourth-order valence-corrected chi connectivity index (χ4v) is 4.41. The number of aromatic amines is 1. The van der Waals surface area contributed by atoms with Crippen LogP contribution in [0.25, 0.3) is 0 Å². The minimum Gasteiger partial charge on any atom is -0.368 e. The van der Waals surface area contributed by atoms with Crippen molar-refractivity contribution in [2.75, 3.05) is 0 Å². The molecule has 0 bridgehead atoms. The number of rotatable bonds is 5. The van der Waals surface area contributed by atoms with Crippen LogP contribution in [0.3, 0.4) is 0 Å². The fourth-order valence-electron chi connectivity index (χ4n) is 3.04. The molecule has 1 aliphatic heterocycles. The van der Waals surface area contributed by atoms with Crippen LogP contribution in [0.5, 0.6) is 0 Å². The highest BCUT2D eigenvalue weighted by Crippen LogP contribution is 2.47. The molecule has 2 aromatic carbocycles. The Hall–Kier alpha value is -2.25. The molecular formula is C19H15F3N2OS. The van der Waals surface area contributed by atoms with E-state index < -0.39 is 17.7 Å². The van der Waals surface area contributed by atoms with Crippen molar-refractivity contribution >= 4 is 11.8 Å². The van der Waals surface area contributed by atoms with Gasteiger partial charge >= 0.3 is 0 Å². The van der Waals surface area contributed by atoms with Crippen molar-refractivity contribution in [1.82, 2.24) is 9.97 Å². The maximum atomic E-state index is 13.9. The molecule has 0 saturated heterocycles. The van der Waals surface area contributed by atoms with E-state index in [1.54, 1.807) is 30.2 Å². The highest BCUT2D eigenvalue weighted by atomic mass is 32.2. The number of benzene rings is 2. The standard InChI is InChI=1S/C19H15F3N2OS/c20-12-3-4-16-14(7-12)19(17(26-16)9-18-23-5-6-24-18)25-10-11-1-2-13(21)8-15(11)22/h1-8,17,19H,9-10H2,(H,23,24). The van der Waals surface area contributed by atoms with Gasteiger partial charge in [0.05, 0.1) is 12.7 Å². The number of fused-ring (bicyclic) bond motifs is 1. The zero-order valence-electron chi connectivity index (χ0n) is 13.6. The summed E-state index contributed by atoms with van der Waals surface area (Å²) >= 11 is 1.59. The van der Waals surface area contributed by atoms with Crippen LogP contribution in [0.15, 0.2) is 53.7 Å². The van der Waals surface area contributed by atoms with Crippen LogP contribution in [0.1, 0.15) is 23.1 Å². The zero-order valence-corrected chi connectivity index (χ0v) is 14.4.